The molecule has 0 aliphatic carbocycles. The average molecular weight is 179 g/mol. The van der Waals surface area contributed by atoms with Gasteiger partial charge in [0, 0.05) is 6.08 Å². The number of halogens is 1. The first-order valence-electron chi connectivity index (χ1n) is 3.67. The number of unbranched alkanes of at least 4 members (excludes halogenated alkanes) is 3. The lowest BCUT2D eigenvalue weighted by Crippen LogP contribution is -1.85. The molecular weight excluding hydrogens is 164 g/mol. The van der Waals surface area contributed by atoms with E-state index in [0.717, 1.165) is 12.8 Å². The molecule has 0 saturated carbocycles. The van der Waals surface area contributed by atoms with E-state index in [-0.39, 0.29) is 12.4 Å². The Kier molecular flexibility index (Phi) is 11.3. The van der Waals surface area contributed by atoms with Crippen LogP contribution in [0.5, 0.6) is 0 Å². The van der Waals surface area contributed by atoms with Gasteiger partial charge in [-0.2, -0.15) is 0 Å². The first-order chi connectivity index (χ1) is 4.77. The predicted molar refractivity (Wildman–Crippen MR) is 48.2 cm³/mol. The average Bonchev–Trinajstić information content (AvgIpc) is 1.87. The summed E-state index contributed by atoms with van der Waals surface area (Å²) in [5.41, 5.74) is 0. The maximum atomic E-state index is 9.95. The summed E-state index contributed by atoms with van der Waals surface area (Å²) in [4.78, 5) is 9.95. The van der Waals surface area contributed by atoms with Gasteiger partial charge in [0.15, 0.2) is 0 Å². The van der Waals surface area contributed by atoms with Crippen molar-refractivity contribution in [2.75, 3.05) is 0 Å². The van der Waals surface area contributed by atoms with Crippen LogP contribution in [0.15, 0.2) is 12.2 Å². The SMILES string of the molecule is CCCCCC=CC(=O)O.Cl. The lowest BCUT2D eigenvalue weighted by atomic mass is 10.2. The molecule has 3 heteroatoms. The summed E-state index contributed by atoms with van der Waals surface area (Å²) in [6.45, 7) is 2.13. The number of aliphatic carboxylic acids is 1. The standard InChI is InChI=1S/C8H14O2.ClH/c1-2-3-4-5-6-7-8(9)10;/h6-7H,2-5H2,1H3,(H,9,10);1H. The highest BCUT2D eigenvalue weighted by molar-refractivity contribution is 5.85. The van der Waals surface area contributed by atoms with E-state index in [1.54, 1.807) is 6.08 Å². The van der Waals surface area contributed by atoms with Gasteiger partial charge in [0.1, 0.15) is 0 Å². The molecule has 0 heterocycles. The number of carboxylic acids is 1. The highest BCUT2D eigenvalue weighted by atomic mass is 35.5. The van der Waals surface area contributed by atoms with E-state index in [2.05, 4.69) is 6.92 Å². The van der Waals surface area contributed by atoms with Gasteiger partial charge in [0.25, 0.3) is 0 Å². The molecule has 0 aromatic carbocycles. The van der Waals surface area contributed by atoms with Crippen molar-refractivity contribution in [2.45, 2.75) is 32.6 Å². The second-order valence-electron chi connectivity index (χ2n) is 2.24. The molecule has 0 aromatic heterocycles. The minimum absolute atomic E-state index is 0. The molecule has 1 N–H and O–H groups in total. The van der Waals surface area contributed by atoms with E-state index < -0.39 is 5.97 Å². The van der Waals surface area contributed by atoms with Crippen LogP contribution in [0, 0.1) is 0 Å². The van der Waals surface area contributed by atoms with Gasteiger partial charge in [0.05, 0.1) is 0 Å². The Bertz CT molecular complexity index is 121. The summed E-state index contributed by atoms with van der Waals surface area (Å²) in [6.07, 6.45) is 7.26. The zero-order valence-electron chi connectivity index (χ0n) is 6.75. The van der Waals surface area contributed by atoms with Gasteiger partial charge in [-0.1, -0.05) is 25.8 Å². The Morgan fingerprint density at radius 3 is 2.55 bits per heavy atom. The Labute approximate surface area is 73.7 Å². The fraction of sp³-hybridized carbons (Fsp3) is 0.625. The van der Waals surface area contributed by atoms with E-state index in [4.69, 9.17) is 5.11 Å². The van der Waals surface area contributed by atoms with Crippen LogP contribution in [-0.4, -0.2) is 11.1 Å². The number of allylic oxidation sites excluding steroid dienone is 1. The van der Waals surface area contributed by atoms with Gasteiger partial charge >= 0.3 is 5.97 Å². The number of hydrogen-bond donors (Lipinski definition) is 1. The molecule has 11 heavy (non-hydrogen) atoms. The molecule has 0 unspecified atom stereocenters. The van der Waals surface area contributed by atoms with Gasteiger partial charge in [-0.25, -0.2) is 4.79 Å². The third-order valence-corrected chi connectivity index (χ3v) is 1.23. The topological polar surface area (TPSA) is 37.3 Å². The Balaban J connectivity index is 0. The zero-order valence-corrected chi connectivity index (χ0v) is 7.56. The van der Waals surface area contributed by atoms with E-state index in [0.29, 0.717) is 0 Å². The van der Waals surface area contributed by atoms with Crippen molar-refractivity contribution >= 4 is 18.4 Å². The molecular formula is C8H15ClO2. The molecule has 0 aliphatic rings. The molecule has 66 valence electrons. The number of rotatable bonds is 5. The van der Waals surface area contributed by atoms with Crippen LogP contribution in [-0.2, 0) is 4.79 Å². The van der Waals surface area contributed by atoms with Gasteiger partial charge in [-0.15, -0.1) is 12.4 Å². The van der Waals surface area contributed by atoms with Crippen LogP contribution >= 0.6 is 12.4 Å². The summed E-state index contributed by atoms with van der Waals surface area (Å²) in [5, 5.41) is 8.18. The second-order valence-corrected chi connectivity index (χ2v) is 2.24. The monoisotopic (exact) mass is 178 g/mol. The van der Waals surface area contributed by atoms with Crippen LogP contribution in [0.4, 0.5) is 0 Å². The van der Waals surface area contributed by atoms with Crippen molar-refractivity contribution in [2.24, 2.45) is 0 Å². The number of carboxylic acid groups (broad SMARTS) is 1. The fourth-order valence-corrected chi connectivity index (χ4v) is 0.696. The molecule has 0 fully saturated rings. The quantitative estimate of drug-likeness (QED) is 0.519. The second kappa shape index (κ2) is 9.50. The van der Waals surface area contributed by atoms with Crippen LogP contribution in [0.1, 0.15) is 32.6 Å². The maximum absolute atomic E-state index is 9.95. The number of hydrogen-bond acceptors (Lipinski definition) is 1. The third kappa shape index (κ3) is 12.6. The summed E-state index contributed by atoms with van der Waals surface area (Å²) < 4.78 is 0. The highest BCUT2D eigenvalue weighted by Gasteiger charge is 1.84. The molecule has 0 spiro atoms. The Morgan fingerprint density at radius 2 is 2.09 bits per heavy atom. The molecule has 0 saturated heterocycles. The van der Waals surface area contributed by atoms with Crippen molar-refractivity contribution < 1.29 is 9.90 Å². The van der Waals surface area contributed by atoms with E-state index in [1.165, 1.54) is 18.9 Å². The van der Waals surface area contributed by atoms with Crippen LogP contribution < -0.4 is 0 Å². The van der Waals surface area contributed by atoms with Crippen LogP contribution in [0.3, 0.4) is 0 Å². The van der Waals surface area contributed by atoms with Crippen molar-refractivity contribution in [1.82, 2.24) is 0 Å². The molecule has 0 amide bonds. The maximum Gasteiger partial charge on any atom is 0.327 e. The lowest BCUT2D eigenvalue weighted by molar-refractivity contribution is -0.131. The predicted octanol–water partition coefficient (Wildman–Crippen LogP) is 2.63. The molecule has 0 atom stereocenters. The smallest absolute Gasteiger partial charge is 0.327 e. The molecule has 0 aliphatic heterocycles. The summed E-state index contributed by atoms with van der Waals surface area (Å²) in [7, 11) is 0. The first-order valence-corrected chi connectivity index (χ1v) is 3.67. The molecule has 0 aromatic rings. The van der Waals surface area contributed by atoms with Crippen molar-refractivity contribution in [3.8, 4) is 0 Å². The molecule has 0 rings (SSSR count). The summed E-state index contributed by atoms with van der Waals surface area (Å²) in [6, 6.07) is 0. The van der Waals surface area contributed by atoms with Crippen LogP contribution in [0.2, 0.25) is 0 Å². The van der Waals surface area contributed by atoms with Crippen molar-refractivity contribution in [3.05, 3.63) is 12.2 Å². The fourth-order valence-electron chi connectivity index (χ4n) is 0.696. The molecule has 2 nitrogen and oxygen atoms in total. The normalized spacial score (nSPS) is 9.55. The summed E-state index contributed by atoms with van der Waals surface area (Å²) in [5.74, 6) is -0.850. The Hall–Kier alpha value is -0.500. The number of carbonyl (C=O) groups is 1. The summed E-state index contributed by atoms with van der Waals surface area (Å²) >= 11 is 0. The lowest BCUT2D eigenvalue weighted by Gasteiger charge is -1.89. The minimum atomic E-state index is -0.850. The van der Waals surface area contributed by atoms with Gasteiger partial charge in [-0.3, -0.25) is 0 Å². The minimum Gasteiger partial charge on any atom is -0.478 e. The van der Waals surface area contributed by atoms with Crippen molar-refractivity contribution in [3.63, 3.8) is 0 Å². The molecule has 0 radical (unpaired) electrons. The highest BCUT2D eigenvalue weighted by Crippen LogP contribution is 1.98. The van der Waals surface area contributed by atoms with Crippen molar-refractivity contribution in [1.29, 1.82) is 0 Å². The van der Waals surface area contributed by atoms with E-state index >= 15 is 0 Å². The third-order valence-electron chi connectivity index (χ3n) is 1.23. The Morgan fingerprint density at radius 1 is 1.45 bits per heavy atom. The molecule has 0 bridgehead atoms. The van der Waals surface area contributed by atoms with Crippen LogP contribution in [0.25, 0.3) is 0 Å². The van der Waals surface area contributed by atoms with Gasteiger partial charge < -0.3 is 5.11 Å². The first kappa shape index (κ1) is 13.1. The van der Waals surface area contributed by atoms with Gasteiger partial charge in [0.2, 0.25) is 0 Å². The van der Waals surface area contributed by atoms with Gasteiger partial charge in [-0.05, 0) is 12.8 Å². The van der Waals surface area contributed by atoms with E-state index in [1.807, 2.05) is 0 Å². The zero-order chi connectivity index (χ0) is 7.82. The van der Waals surface area contributed by atoms with E-state index in [9.17, 15) is 4.79 Å². The largest absolute Gasteiger partial charge is 0.478 e.